The van der Waals surface area contributed by atoms with Crippen LogP contribution in [0, 0.1) is 6.92 Å². The Labute approximate surface area is 123 Å². The molecule has 1 aliphatic rings. The van der Waals surface area contributed by atoms with Crippen molar-refractivity contribution in [1.82, 2.24) is 4.98 Å². The van der Waals surface area contributed by atoms with Crippen molar-refractivity contribution in [3.8, 4) is 0 Å². The van der Waals surface area contributed by atoms with Crippen LogP contribution in [0.25, 0.3) is 0 Å². The monoisotopic (exact) mass is 286 g/mol. The van der Waals surface area contributed by atoms with Gasteiger partial charge in [-0.15, -0.1) is 11.3 Å². The molecular weight excluding hydrogens is 268 g/mol. The summed E-state index contributed by atoms with van der Waals surface area (Å²) < 4.78 is 0. The largest absolute Gasteiger partial charge is 0.318 e. The fourth-order valence-corrected chi connectivity index (χ4v) is 3.84. The van der Waals surface area contributed by atoms with Crippen molar-refractivity contribution in [1.29, 1.82) is 0 Å². The fraction of sp³-hybridized carbons (Fsp3) is 0.375. The number of fused-ring (bicyclic) bond motifs is 1. The lowest BCUT2D eigenvalue weighted by atomic mass is 10.0. The molecule has 0 spiro atoms. The van der Waals surface area contributed by atoms with E-state index in [4.69, 9.17) is 0 Å². The van der Waals surface area contributed by atoms with Gasteiger partial charge in [0, 0.05) is 23.5 Å². The Hall–Kier alpha value is -1.68. The molecule has 0 saturated heterocycles. The predicted molar refractivity (Wildman–Crippen MR) is 83.2 cm³/mol. The highest BCUT2D eigenvalue weighted by atomic mass is 32.1. The molecule has 0 atom stereocenters. The minimum Gasteiger partial charge on any atom is -0.318 e. The number of aryl methyl sites for hydroxylation is 2. The zero-order valence-corrected chi connectivity index (χ0v) is 12.7. The van der Waals surface area contributed by atoms with E-state index >= 15 is 0 Å². The number of thiazole rings is 1. The van der Waals surface area contributed by atoms with Crippen LogP contribution in [0.15, 0.2) is 24.3 Å². The number of para-hydroxylation sites is 1. The zero-order chi connectivity index (χ0) is 14.1. The lowest BCUT2D eigenvalue weighted by Gasteiger charge is -2.21. The van der Waals surface area contributed by atoms with Gasteiger partial charge in [0.1, 0.15) is 5.69 Å². The fourth-order valence-electron chi connectivity index (χ4n) is 2.64. The molecule has 0 unspecified atom stereocenters. The molecule has 1 heterocycles. The number of carbonyl (C=O) groups is 1. The Morgan fingerprint density at radius 3 is 2.80 bits per heavy atom. The first kappa shape index (κ1) is 13.3. The van der Waals surface area contributed by atoms with Gasteiger partial charge in [-0.25, -0.2) is 4.98 Å². The van der Waals surface area contributed by atoms with Crippen LogP contribution in [0.3, 0.4) is 0 Å². The van der Waals surface area contributed by atoms with E-state index in [-0.39, 0.29) is 5.78 Å². The molecule has 0 amide bonds. The van der Waals surface area contributed by atoms with Gasteiger partial charge in [-0.2, -0.15) is 0 Å². The van der Waals surface area contributed by atoms with Crippen LogP contribution in [0.5, 0.6) is 0 Å². The van der Waals surface area contributed by atoms with E-state index in [2.05, 4.69) is 35.9 Å². The molecule has 0 saturated carbocycles. The smallest absolute Gasteiger partial charge is 0.190 e. The first-order chi connectivity index (χ1) is 9.70. The van der Waals surface area contributed by atoms with Gasteiger partial charge >= 0.3 is 0 Å². The first-order valence-electron chi connectivity index (χ1n) is 7.06. The van der Waals surface area contributed by atoms with Crippen molar-refractivity contribution < 1.29 is 4.79 Å². The molecule has 3 nitrogen and oxygen atoms in total. The second-order valence-electron chi connectivity index (χ2n) is 5.08. The van der Waals surface area contributed by atoms with Crippen molar-refractivity contribution >= 4 is 27.9 Å². The molecule has 4 heteroatoms. The summed E-state index contributed by atoms with van der Waals surface area (Å²) in [5.74, 6) is 0.203. The maximum atomic E-state index is 11.9. The Morgan fingerprint density at radius 1 is 1.30 bits per heavy atom. The molecule has 1 aliphatic carbocycles. The third kappa shape index (κ3) is 2.24. The minimum atomic E-state index is 0.203. The van der Waals surface area contributed by atoms with E-state index in [1.165, 1.54) is 11.3 Å². The van der Waals surface area contributed by atoms with E-state index in [0.29, 0.717) is 12.1 Å². The number of anilines is 2. The summed E-state index contributed by atoms with van der Waals surface area (Å²) in [5.41, 5.74) is 3.12. The second kappa shape index (κ2) is 5.37. The second-order valence-corrected chi connectivity index (χ2v) is 6.14. The van der Waals surface area contributed by atoms with Gasteiger partial charge < -0.3 is 4.90 Å². The van der Waals surface area contributed by atoms with Gasteiger partial charge in [0.2, 0.25) is 0 Å². The summed E-state index contributed by atoms with van der Waals surface area (Å²) in [4.78, 5) is 19.9. The van der Waals surface area contributed by atoms with Gasteiger partial charge in [-0.05, 0) is 38.3 Å². The standard InChI is InChI=1S/C16H18N2OS/c1-3-18(12-8-5-4-7-11(12)2)16-17-15-13(19)9-6-10-14(15)20-16/h4-5,7-8H,3,6,9-10H2,1-2H3. The Balaban J connectivity index is 2.03. The van der Waals surface area contributed by atoms with E-state index in [1.807, 2.05) is 12.1 Å². The summed E-state index contributed by atoms with van der Waals surface area (Å²) in [5, 5.41) is 0.946. The number of nitrogens with zero attached hydrogens (tertiary/aromatic N) is 2. The van der Waals surface area contributed by atoms with Gasteiger partial charge in [0.25, 0.3) is 0 Å². The highest BCUT2D eigenvalue weighted by Crippen LogP contribution is 2.36. The molecule has 0 aliphatic heterocycles. The van der Waals surface area contributed by atoms with E-state index < -0.39 is 0 Å². The maximum absolute atomic E-state index is 11.9. The molecule has 0 bridgehead atoms. The number of hydrogen-bond acceptors (Lipinski definition) is 4. The molecule has 0 N–H and O–H groups in total. The molecule has 3 rings (SSSR count). The van der Waals surface area contributed by atoms with E-state index in [1.54, 1.807) is 11.3 Å². The Kier molecular flexibility index (Phi) is 3.57. The highest BCUT2D eigenvalue weighted by Gasteiger charge is 2.24. The lowest BCUT2D eigenvalue weighted by Crippen LogP contribution is -2.17. The number of aromatic nitrogens is 1. The summed E-state index contributed by atoms with van der Waals surface area (Å²) in [6, 6.07) is 8.31. The number of ketones is 1. The summed E-state index contributed by atoms with van der Waals surface area (Å²) in [6.45, 7) is 5.08. The summed E-state index contributed by atoms with van der Waals surface area (Å²) in [6.07, 6.45) is 2.60. The van der Waals surface area contributed by atoms with Crippen molar-refractivity contribution in [2.24, 2.45) is 0 Å². The highest BCUT2D eigenvalue weighted by molar-refractivity contribution is 7.16. The van der Waals surface area contributed by atoms with Crippen LogP contribution < -0.4 is 4.90 Å². The number of rotatable bonds is 3. The normalized spacial score (nSPS) is 14.2. The van der Waals surface area contributed by atoms with Crippen LogP contribution in [0.4, 0.5) is 10.8 Å². The molecular formula is C16H18N2OS. The predicted octanol–water partition coefficient (Wildman–Crippen LogP) is 4.13. The Morgan fingerprint density at radius 2 is 2.10 bits per heavy atom. The van der Waals surface area contributed by atoms with Crippen molar-refractivity contribution in [3.63, 3.8) is 0 Å². The molecule has 0 radical (unpaired) electrons. The molecule has 20 heavy (non-hydrogen) atoms. The molecule has 104 valence electrons. The average Bonchev–Trinajstić information content (AvgIpc) is 2.87. The molecule has 0 fully saturated rings. The van der Waals surface area contributed by atoms with Crippen molar-refractivity contribution in [2.75, 3.05) is 11.4 Å². The number of benzene rings is 1. The maximum Gasteiger partial charge on any atom is 0.190 e. The zero-order valence-electron chi connectivity index (χ0n) is 11.8. The molecule has 1 aromatic heterocycles. The Bertz CT molecular complexity index is 648. The SMILES string of the molecule is CCN(c1nc2c(s1)CCCC2=O)c1ccccc1C. The minimum absolute atomic E-state index is 0.203. The number of carbonyl (C=O) groups excluding carboxylic acids is 1. The third-order valence-corrected chi connectivity index (χ3v) is 4.85. The van der Waals surface area contributed by atoms with Crippen molar-refractivity contribution in [2.45, 2.75) is 33.1 Å². The quantitative estimate of drug-likeness (QED) is 0.850. The van der Waals surface area contributed by atoms with Crippen LogP contribution >= 0.6 is 11.3 Å². The third-order valence-electron chi connectivity index (χ3n) is 3.71. The van der Waals surface area contributed by atoms with Gasteiger partial charge in [-0.1, -0.05) is 18.2 Å². The van der Waals surface area contributed by atoms with Crippen LogP contribution in [-0.4, -0.2) is 17.3 Å². The van der Waals surface area contributed by atoms with Crippen LogP contribution in [-0.2, 0) is 6.42 Å². The average molecular weight is 286 g/mol. The van der Waals surface area contributed by atoms with E-state index in [9.17, 15) is 4.79 Å². The summed E-state index contributed by atoms with van der Waals surface area (Å²) in [7, 11) is 0. The van der Waals surface area contributed by atoms with E-state index in [0.717, 1.165) is 29.4 Å². The summed E-state index contributed by atoms with van der Waals surface area (Å²) >= 11 is 1.67. The lowest BCUT2D eigenvalue weighted by molar-refractivity contribution is 0.0968. The van der Waals surface area contributed by atoms with Crippen LogP contribution in [0.2, 0.25) is 0 Å². The molecule has 2 aromatic rings. The topological polar surface area (TPSA) is 33.2 Å². The number of hydrogen-bond donors (Lipinski definition) is 0. The van der Waals surface area contributed by atoms with Gasteiger partial charge in [0.05, 0.1) is 0 Å². The first-order valence-corrected chi connectivity index (χ1v) is 7.88. The van der Waals surface area contributed by atoms with Gasteiger partial charge in [-0.3, -0.25) is 4.79 Å². The van der Waals surface area contributed by atoms with Crippen LogP contribution in [0.1, 0.15) is 40.7 Å². The van der Waals surface area contributed by atoms with Crippen molar-refractivity contribution in [3.05, 3.63) is 40.4 Å². The van der Waals surface area contributed by atoms with Gasteiger partial charge in [0.15, 0.2) is 10.9 Å². The number of Topliss-reactive ketones (excluding diaryl/α,β-unsaturated/α-hetero) is 1. The molecule has 1 aromatic carbocycles.